The maximum atomic E-state index is 15.5. The number of halogens is 4. The smallest absolute Gasteiger partial charge is 0.421 e. The van der Waals surface area contributed by atoms with Gasteiger partial charge in [-0.3, -0.25) is 9.78 Å². The van der Waals surface area contributed by atoms with Crippen LogP contribution in [0.1, 0.15) is 73.5 Å². The van der Waals surface area contributed by atoms with Crippen molar-refractivity contribution in [1.82, 2.24) is 9.97 Å². The third-order valence-electron chi connectivity index (χ3n) is 7.38. The Bertz CT molecular complexity index is 1420. The SMILES string of the molecule is COC(=O)c1cc(Oc2ncc(Cc3cccnc3)cc2C(F)(F)F)c(F)cc1N(C(=O)[C@H]1CC[C@H](C)CC1)C(C)C. The summed E-state index contributed by atoms with van der Waals surface area (Å²) in [5.41, 5.74) is -0.546. The highest BCUT2D eigenvalue weighted by molar-refractivity contribution is 6.04. The van der Waals surface area contributed by atoms with Gasteiger partial charge in [0.05, 0.1) is 18.4 Å². The van der Waals surface area contributed by atoms with Gasteiger partial charge in [-0.05, 0) is 68.7 Å². The fourth-order valence-corrected chi connectivity index (χ4v) is 5.17. The number of amides is 1. The molecule has 0 radical (unpaired) electrons. The fraction of sp³-hybridized carbons (Fsp3) is 0.419. The van der Waals surface area contributed by atoms with Gasteiger partial charge in [0.25, 0.3) is 0 Å². The predicted molar refractivity (Wildman–Crippen MR) is 148 cm³/mol. The Labute approximate surface area is 241 Å². The molecular formula is C31H33F4N3O4. The molecule has 2 aromatic heterocycles. The van der Waals surface area contributed by atoms with Gasteiger partial charge < -0.3 is 14.4 Å². The predicted octanol–water partition coefficient (Wildman–Crippen LogP) is 7.37. The summed E-state index contributed by atoms with van der Waals surface area (Å²) >= 11 is 0. The number of ether oxygens (including phenoxy) is 2. The highest BCUT2D eigenvalue weighted by Crippen LogP contribution is 2.40. The van der Waals surface area contributed by atoms with Gasteiger partial charge in [-0.1, -0.05) is 13.0 Å². The van der Waals surface area contributed by atoms with Crippen LogP contribution in [0.5, 0.6) is 11.6 Å². The first kappa shape index (κ1) is 30.9. The van der Waals surface area contributed by atoms with Crippen LogP contribution in [0.2, 0.25) is 0 Å². The van der Waals surface area contributed by atoms with E-state index < -0.39 is 41.2 Å². The molecule has 1 saturated carbocycles. The van der Waals surface area contributed by atoms with Crippen molar-refractivity contribution in [2.45, 2.75) is 65.1 Å². The lowest BCUT2D eigenvalue weighted by Gasteiger charge is -2.34. The quantitative estimate of drug-likeness (QED) is 0.202. The van der Waals surface area contributed by atoms with Crippen molar-refractivity contribution in [2.75, 3.05) is 12.0 Å². The van der Waals surface area contributed by atoms with E-state index in [1.807, 2.05) is 0 Å². The molecule has 0 saturated heterocycles. The number of carbonyl (C=O) groups is 2. The molecule has 0 spiro atoms. The second-order valence-corrected chi connectivity index (χ2v) is 10.9. The molecule has 1 aromatic carbocycles. The summed E-state index contributed by atoms with van der Waals surface area (Å²) in [5.74, 6) is -3.56. The highest BCUT2D eigenvalue weighted by atomic mass is 19.4. The number of alkyl halides is 3. The molecule has 42 heavy (non-hydrogen) atoms. The maximum Gasteiger partial charge on any atom is 0.421 e. The van der Waals surface area contributed by atoms with Crippen molar-refractivity contribution in [1.29, 1.82) is 0 Å². The van der Waals surface area contributed by atoms with Crippen molar-refractivity contribution in [3.63, 3.8) is 0 Å². The summed E-state index contributed by atoms with van der Waals surface area (Å²) in [5, 5.41) is 0. The van der Waals surface area contributed by atoms with Crippen LogP contribution >= 0.6 is 0 Å². The van der Waals surface area contributed by atoms with Crippen LogP contribution in [0.15, 0.2) is 48.9 Å². The molecule has 224 valence electrons. The van der Waals surface area contributed by atoms with Crippen molar-refractivity contribution < 1.29 is 36.6 Å². The Morgan fingerprint density at radius 3 is 2.38 bits per heavy atom. The molecule has 0 N–H and O–H groups in total. The zero-order chi connectivity index (χ0) is 30.6. The van der Waals surface area contributed by atoms with E-state index in [9.17, 15) is 22.8 Å². The van der Waals surface area contributed by atoms with E-state index >= 15 is 4.39 Å². The number of hydrogen-bond acceptors (Lipinski definition) is 6. The number of nitrogens with zero attached hydrogens (tertiary/aromatic N) is 3. The van der Waals surface area contributed by atoms with Crippen LogP contribution < -0.4 is 9.64 Å². The van der Waals surface area contributed by atoms with Crippen LogP contribution in [0, 0.1) is 17.7 Å². The number of anilines is 1. The summed E-state index contributed by atoms with van der Waals surface area (Å²) in [6.07, 6.45) is 2.65. The minimum Gasteiger partial charge on any atom is -0.465 e. The van der Waals surface area contributed by atoms with Gasteiger partial charge >= 0.3 is 12.1 Å². The lowest BCUT2D eigenvalue weighted by molar-refractivity contribution is -0.139. The number of hydrogen-bond donors (Lipinski definition) is 0. The van der Waals surface area contributed by atoms with Gasteiger partial charge in [0.2, 0.25) is 11.8 Å². The number of carbonyl (C=O) groups excluding carboxylic acids is 2. The summed E-state index contributed by atoms with van der Waals surface area (Å²) in [6.45, 7) is 5.59. The zero-order valence-corrected chi connectivity index (χ0v) is 23.9. The van der Waals surface area contributed by atoms with Crippen molar-refractivity contribution in [3.05, 3.63) is 77.0 Å². The third kappa shape index (κ3) is 7.06. The molecular weight excluding hydrogens is 554 g/mol. The first-order valence-electron chi connectivity index (χ1n) is 13.8. The van der Waals surface area contributed by atoms with E-state index in [1.165, 1.54) is 17.3 Å². The molecule has 3 aromatic rings. The summed E-state index contributed by atoms with van der Waals surface area (Å²) < 4.78 is 67.9. The Morgan fingerprint density at radius 1 is 1.07 bits per heavy atom. The molecule has 1 amide bonds. The molecule has 0 atom stereocenters. The Balaban J connectivity index is 1.72. The van der Waals surface area contributed by atoms with Crippen molar-refractivity contribution in [2.24, 2.45) is 11.8 Å². The normalized spacial score (nSPS) is 17.2. The molecule has 1 aliphatic carbocycles. The molecule has 1 aliphatic rings. The highest BCUT2D eigenvalue weighted by Gasteiger charge is 2.37. The van der Waals surface area contributed by atoms with Crippen LogP contribution in [0.4, 0.5) is 23.2 Å². The summed E-state index contributed by atoms with van der Waals surface area (Å²) in [4.78, 5) is 35.6. The average molecular weight is 588 g/mol. The molecule has 2 heterocycles. The third-order valence-corrected chi connectivity index (χ3v) is 7.38. The lowest BCUT2D eigenvalue weighted by atomic mass is 9.82. The monoisotopic (exact) mass is 587 g/mol. The molecule has 0 bridgehead atoms. The summed E-state index contributed by atoms with van der Waals surface area (Å²) in [6, 6.07) is 5.70. The van der Waals surface area contributed by atoms with Gasteiger partial charge in [0, 0.05) is 49.1 Å². The Hall–Kier alpha value is -4.02. The summed E-state index contributed by atoms with van der Waals surface area (Å²) in [7, 11) is 1.12. The van der Waals surface area contributed by atoms with E-state index in [4.69, 9.17) is 9.47 Å². The lowest BCUT2D eigenvalue weighted by Crippen LogP contribution is -2.43. The van der Waals surface area contributed by atoms with E-state index in [0.29, 0.717) is 24.3 Å². The second kappa shape index (κ2) is 12.9. The molecule has 11 heteroatoms. The Kier molecular flexibility index (Phi) is 9.48. The molecule has 7 nitrogen and oxygen atoms in total. The van der Waals surface area contributed by atoms with E-state index in [1.54, 1.807) is 32.2 Å². The van der Waals surface area contributed by atoms with Crippen molar-refractivity contribution >= 4 is 17.6 Å². The molecule has 0 unspecified atom stereocenters. The van der Waals surface area contributed by atoms with Crippen LogP contribution in [-0.2, 0) is 22.1 Å². The first-order chi connectivity index (χ1) is 19.9. The first-order valence-corrected chi connectivity index (χ1v) is 13.8. The maximum absolute atomic E-state index is 15.5. The standard InChI is InChI=1S/C31H33F4N3O4/c1-18(2)38(29(39)22-9-7-19(3)8-10-22)26-15-25(32)27(14-23(26)30(40)41-4)42-28-24(31(33,34)35)13-21(17-37-28)12-20-6-5-11-36-16-20/h5-6,11,13-19,22H,7-10,12H2,1-4H3/t19-,22-. The number of rotatable bonds is 8. The van der Waals surface area contributed by atoms with Gasteiger partial charge in [0.15, 0.2) is 11.6 Å². The fourth-order valence-electron chi connectivity index (χ4n) is 5.17. The van der Waals surface area contributed by atoms with Crippen LogP contribution in [0.3, 0.4) is 0 Å². The number of pyridine rings is 2. The van der Waals surface area contributed by atoms with E-state index in [-0.39, 0.29) is 35.1 Å². The number of methoxy groups -OCH3 is 1. The largest absolute Gasteiger partial charge is 0.465 e. The van der Waals surface area contributed by atoms with Gasteiger partial charge in [0.1, 0.15) is 5.56 Å². The minimum absolute atomic E-state index is 0.0406. The van der Waals surface area contributed by atoms with Gasteiger partial charge in [-0.15, -0.1) is 0 Å². The zero-order valence-electron chi connectivity index (χ0n) is 23.9. The van der Waals surface area contributed by atoms with Gasteiger partial charge in [-0.25, -0.2) is 14.2 Å². The second-order valence-electron chi connectivity index (χ2n) is 10.9. The molecule has 4 rings (SSSR count). The topological polar surface area (TPSA) is 81.6 Å². The molecule has 0 aliphatic heterocycles. The number of esters is 1. The van der Waals surface area contributed by atoms with Gasteiger partial charge in [-0.2, -0.15) is 13.2 Å². The van der Waals surface area contributed by atoms with E-state index in [2.05, 4.69) is 16.9 Å². The number of aromatic nitrogens is 2. The average Bonchev–Trinajstić information content (AvgIpc) is 2.95. The molecule has 1 fully saturated rings. The van der Waals surface area contributed by atoms with Crippen LogP contribution in [0.25, 0.3) is 0 Å². The van der Waals surface area contributed by atoms with Crippen molar-refractivity contribution in [3.8, 4) is 11.6 Å². The van der Waals surface area contributed by atoms with E-state index in [0.717, 1.165) is 38.2 Å². The minimum atomic E-state index is -4.87. The number of benzene rings is 1. The van der Waals surface area contributed by atoms with Crippen LogP contribution in [-0.4, -0.2) is 35.0 Å². The Morgan fingerprint density at radius 2 is 1.79 bits per heavy atom.